The maximum atomic E-state index is 12.9. The van der Waals surface area contributed by atoms with Crippen LogP contribution in [0.4, 0.5) is 4.79 Å². The minimum absolute atomic E-state index is 0.233. The second kappa shape index (κ2) is 10.2. The van der Waals surface area contributed by atoms with E-state index in [2.05, 4.69) is 21.9 Å². The molecule has 3 aromatic rings. The van der Waals surface area contributed by atoms with Crippen molar-refractivity contribution < 1.29 is 14.7 Å². The van der Waals surface area contributed by atoms with Gasteiger partial charge in [-0.2, -0.15) is 5.10 Å². The van der Waals surface area contributed by atoms with Crippen molar-refractivity contribution in [2.24, 2.45) is 7.05 Å². The number of rotatable bonds is 7. The van der Waals surface area contributed by atoms with Gasteiger partial charge in [0, 0.05) is 39.8 Å². The summed E-state index contributed by atoms with van der Waals surface area (Å²) in [6, 6.07) is 5.43. The van der Waals surface area contributed by atoms with Gasteiger partial charge in [-0.1, -0.05) is 19.4 Å². The quantitative estimate of drug-likeness (QED) is 0.356. The van der Waals surface area contributed by atoms with Crippen LogP contribution in [0.25, 0.3) is 22.4 Å². The number of nitrogens with zero attached hydrogens (tertiary/aromatic N) is 5. The maximum absolute atomic E-state index is 12.9. The lowest BCUT2D eigenvalue weighted by molar-refractivity contribution is 0.0991. The normalized spacial score (nSPS) is 14.5. The molecule has 11 nitrogen and oxygen atoms in total. The summed E-state index contributed by atoms with van der Waals surface area (Å²) in [6.45, 7) is 7.59. The van der Waals surface area contributed by atoms with Crippen LogP contribution in [0.3, 0.4) is 0 Å². The molecule has 0 atom stereocenters. The summed E-state index contributed by atoms with van der Waals surface area (Å²) >= 11 is 0. The molecule has 4 rings (SSSR count). The van der Waals surface area contributed by atoms with Crippen molar-refractivity contribution in [3.8, 4) is 17.1 Å². The van der Waals surface area contributed by atoms with E-state index in [1.165, 1.54) is 0 Å². The van der Waals surface area contributed by atoms with Crippen molar-refractivity contribution in [3.05, 3.63) is 39.8 Å². The smallest absolute Gasteiger partial charge is 0.341 e. The number of benzene rings is 1. The third kappa shape index (κ3) is 4.75. The van der Waals surface area contributed by atoms with Crippen molar-refractivity contribution in [2.75, 3.05) is 32.8 Å². The molecule has 11 heteroatoms. The van der Waals surface area contributed by atoms with E-state index in [9.17, 15) is 9.59 Å². The lowest BCUT2D eigenvalue weighted by Gasteiger charge is -2.34. The Bertz CT molecular complexity index is 1230. The van der Waals surface area contributed by atoms with Crippen molar-refractivity contribution in [3.63, 3.8) is 0 Å². The van der Waals surface area contributed by atoms with E-state index in [4.69, 9.17) is 14.9 Å². The topological polar surface area (TPSA) is 129 Å². The summed E-state index contributed by atoms with van der Waals surface area (Å²) in [5, 5.41) is 13.3. The lowest BCUT2D eigenvalue weighted by atomic mass is 10.1. The van der Waals surface area contributed by atoms with Gasteiger partial charge in [0.05, 0.1) is 17.9 Å². The highest BCUT2D eigenvalue weighted by atomic mass is 16.5. The number of aromatic nitrogens is 4. The van der Waals surface area contributed by atoms with E-state index in [0.717, 1.165) is 29.7 Å². The van der Waals surface area contributed by atoms with E-state index in [1.807, 2.05) is 25.1 Å². The average molecular weight is 470 g/mol. The molecule has 1 aromatic carbocycles. The third-order valence-electron chi connectivity index (χ3n) is 6.01. The molecular weight excluding hydrogens is 438 g/mol. The molecule has 34 heavy (non-hydrogen) atoms. The monoisotopic (exact) mass is 469 g/mol. The molecule has 1 saturated heterocycles. The Morgan fingerprint density at radius 1 is 1.24 bits per heavy atom. The van der Waals surface area contributed by atoms with Crippen LogP contribution in [0, 0.1) is 0 Å². The molecule has 1 aliphatic rings. The number of H-pyrrole nitrogens is 1. The Morgan fingerprint density at radius 3 is 2.68 bits per heavy atom. The number of aromatic amines is 1. The van der Waals surface area contributed by atoms with Crippen LogP contribution in [-0.2, 0) is 20.0 Å². The van der Waals surface area contributed by atoms with Crippen LogP contribution in [0.15, 0.2) is 23.0 Å². The van der Waals surface area contributed by atoms with Crippen LogP contribution in [0.5, 0.6) is 5.75 Å². The number of urea groups is 1. The van der Waals surface area contributed by atoms with Crippen molar-refractivity contribution in [1.29, 1.82) is 0 Å². The number of hydrogen-bond donors (Lipinski definition) is 3. The van der Waals surface area contributed by atoms with Crippen molar-refractivity contribution in [1.82, 2.24) is 35.0 Å². The molecule has 1 fully saturated rings. The van der Waals surface area contributed by atoms with Crippen LogP contribution >= 0.6 is 0 Å². The maximum Gasteiger partial charge on any atom is 0.341 e. The SMILES string of the molecule is CCCc1nn(C)c2c(=O)[nH]c(-c3cc(CN4CCN(C(=O)NO)CC4)ccc3OCC)nc12. The Labute approximate surface area is 197 Å². The largest absolute Gasteiger partial charge is 0.493 e. The van der Waals surface area contributed by atoms with Gasteiger partial charge in [0.25, 0.3) is 5.56 Å². The molecule has 2 aromatic heterocycles. The number of aryl methyl sites for hydroxylation is 2. The molecule has 1 aliphatic heterocycles. The Kier molecular flexibility index (Phi) is 7.13. The van der Waals surface area contributed by atoms with E-state index >= 15 is 0 Å². The molecule has 0 spiro atoms. The molecular formula is C23H31N7O4. The van der Waals surface area contributed by atoms with Gasteiger partial charge >= 0.3 is 6.03 Å². The van der Waals surface area contributed by atoms with E-state index in [1.54, 1.807) is 22.1 Å². The Hall–Kier alpha value is -3.44. The Balaban J connectivity index is 1.66. The van der Waals surface area contributed by atoms with Gasteiger partial charge in [-0.25, -0.2) is 15.3 Å². The van der Waals surface area contributed by atoms with Crippen molar-refractivity contribution in [2.45, 2.75) is 33.2 Å². The number of ether oxygens (including phenoxy) is 1. The third-order valence-corrected chi connectivity index (χ3v) is 6.01. The second-order valence-corrected chi connectivity index (χ2v) is 8.38. The first kappa shape index (κ1) is 23.7. The molecule has 0 bridgehead atoms. The summed E-state index contributed by atoms with van der Waals surface area (Å²) in [4.78, 5) is 36.1. The number of nitrogens with one attached hydrogen (secondary N) is 2. The molecule has 0 saturated carbocycles. The van der Waals surface area contributed by atoms with E-state index in [-0.39, 0.29) is 5.56 Å². The standard InChI is InChI=1S/C23H31N7O4/c1-4-6-17-19-20(28(3)26-17)22(31)25-21(24-19)16-13-15(7-8-18(16)34-5-2)14-29-9-11-30(12-10-29)23(32)27-33/h7-8,13,33H,4-6,9-12,14H2,1-3H3,(H,27,32)(H,24,25,31). The molecule has 3 N–H and O–H groups in total. The van der Waals surface area contributed by atoms with Crippen LogP contribution < -0.4 is 15.8 Å². The van der Waals surface area contributed by atoms with Crippen LogP contribution in [0.2, 0.25) is 0 Å². The van der Waals surface area contributed by atoms with Crippen LogP contribution in [-0.4, -0.2) is 73.6 Å². The predicted octanol–water partition coefficient (Wildman–Crippen LogP) is 1.89. The van der Waals surface area contributed by atoms with Gasteiger partial charge in [-0.15, -0.1) is 0 Å². The second-order valence-electron chi connectivity index (χ2n) is 8.38. The first-order chi connectivity index (χ1) is 16.4. The first-order valence-electron chi connectivity index (χ1n) is 11.6. The summed E-state index contributed by atoms with van der Waals surface area (Å²) in [7, 11) is 1.76. The van der Waals surface area contributed by atoms with Crippen molar-refractivity contribution >= 4 is 17.1 Å². The highest BCUT2D eigenvalue weighted by molar-refractivity contribution is 5.80. The number of piperazine rings is 1. The number of carbonyl (C=O) groups excluding carboxylic acids is 1. The highest BCUT2D eigenvalue weighted by Crippen LogP contribution is 2.30. The van der Waals surface area contributed by atoms with Gasteiger partial charge in [-0.05, 0) is 31.0 Å². The minimum atomic E-state index is -0.480. The fraction of sp³-hybridized carbons (Fsp3) is 0.478. The fourth-order valence-corrected chi connectivity index (χ4v) is 4.36. The number of fused-ring (bicyclic) bond motifs is 1. The Morgan fingerprint density at radius 2 is 2.00 bits per heavy atom. The molecule has 0 aliphatic carbocycles. The molecule has 3 heterocycles. The lowest BCUT2D eigenvalue weighted by Crippen LogP contribution is -2.50. The van der Waals surface area contributed by atoms with Gasteiger partial charge in [0.15, 0.2) is 5.52 Å². The molecule has 0 unspecified atom stereocenters. The van der Waals surface area contributed by atoms with Gasteiger partial charge in [0.1, 0.15) is 17.1 Å². The average Bonchev–Trinajstić information content (AvgIpc) is 3.16. The summed E-state index contributed by atoms with van der Waals surface area (Å²) in [5.74, 6) is 1.11. The fourth-order valence-electron chi connectivity index (χ4n) is 4.36. The van der Waals surface area contributed by atoms with Gasteiger partial charge < -0.3 is 14.6 Å². The highest BCUT2D eigenvalue weighted by Gasteiger charge is 2.22. The molecule has 2 amide bonds. The van der Waals surface area contributed by atoms with E-state index < -0.39 is 6.03 Å². The van der Waals surface area contributed by atoms with E-state index in [0.29, 0.717) is 61.9 Å². The number of amides is 2. The summed E-state index contributed by atoms with van der Waals surface area (Å²) in [6.07, 6.45) is 1.65. The summed E-state index contributed by atoms with van der Waals surface area (Å²) in [5.41, 5.74) is 5.12. The predicted molar refractivity (Wildman–Crippen MR) is 127 cm³/mol. The number of carbonyl (C=O) groups is 1. The first-order valence-corrected chi connectivity index (χ1v) is 11.6. The van der Waals surface area contributed by atoms with Gasteiger partial charge in [-0.3, -0.25) is 19.6 Å². The zero-order valence-corrected chi connectivity index (χ0v) is 19.8. The van der Waals surface area contributed by atoms with Gasteiger partial charge in [0.2, 0.25) is 0 Å². The molecule has 182 valence electrons. The number of hydrogen-bond acceptors (Lipinski definition) is 7. The number of hydroxylamine groups is 1. The zero-order chi connectivity index (χ0) is 24.2. The summed E-state index contributed by atoms with van der Waals surface area (Å²) < 4.78 is 7.44. The van der Waals surface area contributed by atoms with Crippen LogP contribution in [0.1, 0.15) is 31.5 Å². The zero-order valence-electron chi connectivity index (χ0n) is 19.8. The minimum Gasteiger partial charge on any atom is -0.493 e. The molecule has 0 radical (unpaired) electrons.